The van der Waals surface area contributed by atoms with Crippen molar-refractivity contribution in [1.82, 2.24) is 0 Å². The molecule has 1 heterocycles. The third-order valence-electron chi connectivity index (χ3n) is 8.68. The maximum atomic E-state index is 15.0. The molecule has 200 valence electrons. The molecule has 3 aromatic rings. The molecule has 0 spiro atoms. The molecule has 2 aliphatic rings. The number of aryl methyl sites for hydroxylation is 2. The monoisotopic (exact) mass is 514 g/mol. The molecule has 3 nitrogen and oxygen atoms in total. The molecule has 3 aromatic carbocycles. The average molecular weight is 515 g/mol. The fourth-order valence-electron chi connectivity index (χ4n) is 5.79. The number of carboxylic acids is 1. The van der Waals surface area contributed by atoms with Gasteiger partial charge in [0.05, 0.1) is 6.42 Å². The SMILES string of the molecule is Cc1ccc(F)c(-c2ccc(C3CCc4ccc([C@@H](CC(=O)O)C5CC5)cc4O3)cc2C(C)C(C)(C)C)c1. The number of hydrogen-bond acceptors (Lipinski definition) is 2. The second kappa shape index (κ2) is 10.2. The van der Waals surface area contributed by atoms with E-state index in [0.717, 1.165) is 59.3 Å². The molecule has 1 fully saturated rings. The lowest BCUT2D eigenvalue weighted by Gasteiger charge is -2.32. The molecule has 4 heteroatoms. The standard InChI is InChI=1S/C34H39FO3/c1-20-6-14-30(35)29(16-20)26-13-11-25(17-27(26)21(2)34(3,4)5)31-15-12-23-9-10-24(18-32(23)38-31)28(19-33(36)37)22-7-8-22/h6,9-11,13-14,16-18,21-22,28,31H,7-8,12,15,19H2,1-5H3,(H,36,37)/t21?,28-,31?/m0/s1. The van der Waals surface area contributed by atoms with Gasteiger partial charge in [-0.2, -0.15) is 0 Å². The molecule has 0 radical (unpaired) electrons. The van der Waals surface area contributed by atoms with E-state index in [0.29, 0.717) is 11.5 Å². The molecule has 5 rings (SSSR count). The van der Waals surface area contributed by atoms with Crippen LogP contribution in [-0.2, 0) is 11.2 Å². The number of benzene rings is 3. The molecule has 2 unspecified atom stereocenters. The zero-order chi connectivity index (χ0) is 27.2. The third kappa shape index (κ3) is 5.50. The van der Waals surface area contributed by atoms with E-state index in [4.69, 9.17) is 4.74 Å². The van der Waals surface area contributed by atoms with Gasteiger partial charge in [0.2, 0.25) is 0 Å². The van der Waals surface area contributed by atoms with Crippen LogP contribution in [0.2, 0.25) is 0 Å². The van der Waals surface area contributed by atoms with E-state index in [1.807, 2.05) is 19.1 Å². The Bertz CT molecular complexity index is 1350. The molecule has 1 aliphatic heterocycles. The van der Waals surface area contributed by atoms with E-state index < -0.39 is 5.97 Å². The summed E-state index contributed by atoms with van der Waals surface area (Å²) in [5.41, 5.74) is 7.12. The van der Waals surface area contributed by atoms with Gasteiger partial charge in [-0.15, -0.1) is 0 Å². The maximum absolute atomic E-state index is 15.0. The summed E-state index contributed by atoms with van der Waals surface area (Å²) in [6, 6.07) is 18.0. The summed E-state index contributed by atoms with van der Waals surface area (Å²) >= 11 is 0. The van der Waals surface area contributed by atoms with Crippen molar-refractivity contribution in [2.75, 3.05) is 0 Å². The van der Waals surface area contributed by atoms with Crippen molar-refractivity contribution >= 4 is 5.97 Å². The highest BCUT2D eigenvalue weighted by molar-refractivity contribution is 5.70. The highest BCUT2D eigenvalue weighted by Gasteiger charge is 2.35. The van der Waals surface area contributed by atoms with Gasteiger partial charge in [-0.25, -0.2) is 4.39 Å². The van der Waals surface area contributed by atoms with Gasteiger partial charge in [-0.3, -0.25) is 4.79 Å². The van der Waals surface area contributed by atoms with Crippen molar-refractivity contribution in [1.29, 1.82) is 0 Å². The number of halogens is 1. The van der Waals surface area contributed by atoms with Crippen molar-refractivity contribution in [2.24, 2.45) is 11.3 Å². The van der Waals surface area contributed by atoms with Gasteiger partial charge in [0.25, 0.3) is 0 Å². The first kappa shape index (κ1) is 26.5. The number of aliphatic carboxylic acids is 1. The summed E-state index contributed by atoms with van der Waals surface area (Å²) in [6.07, 6.45) is 4.04. The van der Waals surface area contributed by atoms with E-state index in [1.54, 1.807) is 6.07 Å². The fraction of sp³-hybridized carbons (Fsp3) is 0.441. The van der Waals surface area contributed by atoms with Crippen LogP contribution in [-0.4, -0.2) is 11.1 Å². The summed E-state index contributed by atoms with van der Waals surface area (Å²) in [4.78, 5) is 11.5. The van der Waals surface area contributed by atoms with Crippen LogP contribution in [0.1, 0.15) is 99.1 Å². The lowest BCUT2D eigenvalue weighted by molar-refractivity contribution is -0.137. The summed E-state index contributed by atoms with van der Waals surface area (Å²) in [7, 11) is 0. The Morgan fingerprint density at radius 2 is 1.79 bits per heavy atom. The molecule has 38 heavy (non-hydrogen) atoms. The zero-order valence-electron chi connectivity index (χ0n) is 23.2. The molecule has 1 N–H and O–H groups in total. The van der Waals surface area contributed by atoms with E-state index in [2.05, 4.69) is 64.1 Å². The van der Waals surface area contributed by atoms with Gasteiger partial charge >= 0.3 is 5.97 Å². The number of fused-ring (bicyclic) bond motifs is 1. The molecule has 0 aromatic heterocycles. The Hall–Kier alpha value is -3.14. The Kier molecular flexibility index (Phi) is 7.11. The normalized spacial score (nSPS) is 18.8. The van der Waals surface area contributed by atoms with Gasteiger partial charge in [0.1, 0.15) is 17.7 Å². The van der Waals surface area contributed by atoms with Gasteiger partial charge in [-0.1, -0.05) is 69.7 Å². The molecular formula is C34H39FO3. The number of hydrogen-bond donors (Lipinski definition) is 1. The summed E-state index contributed by atoms with van der Waals surface area (Å²) in [6.45, 7) is 10.9. The van der Waals surface area contributed by atoms with Gasteiger partial charge < -0.3 is 9.84 Å². The molecule has 0 saturated heterocycles. The average Bonchev–Trinajstić information content (AvgIpc) is 3.72. The number of rotatable bonds is 7. The van der Waals surface area contributed by atoms with Crippen LogP contribution in [0.5, 0.6) is 5.75 Å². The first-order valence-corrected chi connectivity index (χ1v) is 13.9. The second-order valence-corrected chi connectivity index (χ2v) is 12.5. The Balaban J connectivity index is 1.49. The maximum Gasteiger partial charge on any atom is 0.303 e. The van der Waals surface area contributed by atoms with Gasteiger partial charge in [0.15, 0.2) is 0 Å². The lowest BCUT2D eigenvalue weighted by atomic mass is 9.74. The minimum atomic E-state index is -0.746. The fourth-order valence-corrected chi connectivity index (χ4v) is 5.79. The van der Waals surface area contributed by atoms with E-state index in [1.165, 1.54) is 5.56 Å². The Morgan fingerprint density at radius 3 is 2.47 bits per heavy atom. The van der Waals surface area contributed by atoms with Gasteiger partial charge in [-0.05, 0) is 102 Å². The number of carbonyl (C=O) groups is 1. The van der Waals surface area contributed by atoms with Crippen LogP contribution >= 0.6 is 0 Å². The molecule has 0 amide bonds. The van der Waals surface area contributed by atoms with E-state index in [9.17, 15) is 14.3 Å². The predicted molar refractivity (Wildman–Crippen MR) is 150 cm³/mol. The van der Waals surface area contributed by atoms with Crippen molar-refractivity contribution in [2.45, 2.75) is 84.7 Å². The third-order valence-corrected chi connectivity index (χ3v) is 8.68. The molecule has 0 bridgehead atoms. The summed E-state index contributed by atoms with van der Waals surface area (Å²) in [5.74, 6) is 0.630. The largest absolute Gasteiger partial charge is 0.485 e. The number of ether oxygens (including phenoxy) is 1. The van der Waals surface area contributed by atoms with E-state index >= 15 is 0 Å². The predicted octanol–water partition coefficient (Wildman–Crippen LogP) is 8.99. The van der Waals surface area contributed by atoms with Crippen LogP contribution in [0.15, 0.2) is 54.6 Å². The lowest BCUT2D eigenvalue weighted by Crippen LogP contribution is -2.19. The van der Waals surface area contributed by atoms with Crippen molar-refractivity contribution in [3.63, 3.8) is 0 Å². The smallest absolute Gasteiger partial charge is 0.303 e. The Morgan fingerprint density at radius 1 is 1.03 bits per heavy atom. The van der Waals surface area contributed by atoms with Crippen molar-refractivity contribution in [3.05, 3.63) is 88.2 Å². The minimum Gasteiger partial charge on any atom is -0.485 e. The highest BCUT2D eigenvalue weighted by Crippen LogP contribution is 2.47. The molecule has 1 aliphatic carbocycles. The number of carboxylic acid groups (broad SMARTS) is 1. The van der Waals surface area contributed by atoms with Crippen LogP contribution in [0, 0.1) is 24.1 Å². The first-order chi connectivity index (χ1) is 18.0. The molecule has 1 saturated carbocycles. The van der Waals surface area contributed by atoms with Crippen LogP contribution in [0.3, 0.4) is 0 Å². The summed E-state index contributed by atoms with van der Waals surface area (Å²) < 4.78 is 21.6. The quantitative estimate of drug-likeness (QED) is 0.342. The summed E-state index contributed by atoms with van der Waals surface area (Å²) in [5, 5.41) is 9.46. The van der Waals surface area contributed by atoms with Crippen molar-refractivity contribution < 1.29 is 19.0 Å². The molecular weight excluding hydrogens is 475 g/mol. The topological polar surface area (TPSA) is 46.5 Å². The van der Waals surface area contributed by atoms with E-state index in [-0.39, 0.29) is 35.6 Å². The first-order valence-electron chi connectivity index (χ1n) is 13.9. The molecule has 3 atom stereocenters. The van der Waals surface area contributed by atoms with Crippen LogP contribution < -0.4 is 4.74 Å². The second-order valence-electron chi connectivity index (χ2n) is 12.5. The zero-order valence-corrected chi connectivity index (χ0v) is 23.2. The van der Waals surface area contributed by atoms with Crippen LogP contribution in [0.25, 0.3) is 11.1 Å². The van der Waals surface area contributed by atoms with Gasteiger partial charge in [0, 0.05) is 5.56 Å². The highest BCUT2D eigenvalue weighted by atomic mass is 19.1. The van der Waals surface area contributed by atoms with Crippen LogP contribution in [0.4, 0.5) is 4.39 Å². The minimum absolute atomic E-state index is 0.00452. The Labute approximate surface area is 226 Å². The van der Waals surface area contributed by atoms with Crippen molar-refractivity contribution in [3.8, 4) is 16.9 Å².